The molecule has 4 rings (SSSR count). The Morgan fingerprint density at radius 3 is 1.27 bits per heavy atom. The number of hydrazone groups is 2. The molecular formula is C36H54N4. The van der Waals surface area contributed by atoms with Crippen LogP contribution in [-0.4, -0.2) is 25.5 Å². The standard InChI is InChI=1S/C36H54N4/c1-31-19-17-21-33(31)29-37-39(35-23-11-9-12-24-35)27-15-7-5-3-4-6-8-16-28-40(36-25-13-10-14-26-36)38-30-34-22-18-20-32(34)2/h9-14,23-26,29-34H,3-8,15-22,27-28H2,1-2H3/b37-29+,38-30+. The first-order chi connectivity index (χ1) is 19.7. The number of hydrogen-bond acceptors (Lipinski definition) is 4. The zero-order valence-corrected chi connectivity index (χ0v) is 25.3. The van der Waals surface area contributed by atoms with Crippen LogP contribution < -0.4 is 10.0 Å². The molecule has 2 aromatic carbocycles. The van der Waals surface area contributed by atoms with E-state index in [-0.39, 0.29) is 0 Å². The molecule has 2 saturated carbocycles. The highest BCUT2D eigenvalue weighted by Gasteiger charge is 2.22. The Hall–Kier alpha value is -2.62. The summed E-state index contributed by atoms with van der Waals surface area (Å²) < 4.78 is 0. The third-order valence-electron chi connectivity index (χ3n) is 9.25. The predicted molar refractivity (Wildman–Crippen MR) is 175 cm³/mol. The van der Waals surface area contributed by atoms with E-state index in [4.69, 9.17) is 10.2 Å². The highest BCUT2D eigenvalue weighted by atomic mass is 15.5. The number of rotatable bonds is 17. The van der Waals surface area contributed by atoms with Gasteiger partial charge in [0.15, 0.2) is 0 Å². The highest BCUT2D eigenvalue weighted by molar-refractivity contribution is 5.64. The fourth-order valence-corrected chi connectivity index (χ4v) is 6.41. The van der Waals surface area contributed by atoms with Gasteiger partial charge in [0.1, 0.15) is 0 Å². The molecule has 2 aromatic rings. The molecule has 0 bridgehead atoms. The summed E-state index contributed by atoms with van der Waals surface area (Å²) in [6.45, 7) is 6.77. The Morgan fingerprint density at radius 1 is 0.550 bits per heavy atom. The topological polar surface area (TPSA) is 31.2 Å². The second-order valence-electron chi connectivity index (χ2n) is 12.4. The van der Waals surface area contributed by atoms with Crippen LogP contribution >= 0.6 is 0 Å². The summed E-state index contributed by atoms with van der Waals surface area (Å²) in [5.74, 6) is 2.84. The van der Waals surface area contributed by atoms with E-state index in [0.29, 0.717) is 11.8 Å². The average molecular weight is 543 g/mol. The first-order valence-electron chi connectivity index (χ1n) is 16.4. The molecule has 40 heavy (non-hydrogen) atoms. The summed E-state index contributed by atoms with van der Waals surface area (Å²) in [4.78, 5) is 0. The van der Waals surface area contributed by atoms with Crippen LogP contribution in [0.5, 0.6) is 0 Å². The Kier molecular flexibility index (Phi) is 13.1. The van der Waals surface area contributed by atoms with Crippen molar-refractivity contribution in [3.63, 3.8) is 0 Å². The van der Waals surface area contributed by atoms with Gasteiger partial charge in [-0.2, -0.15) is 10.2 Å². The lowest BCUT2D eigenvalue weighted by atomic mass is 10.00. The van der Waals surface area contributed by atoms with E-state index in [1.165, 1.54) is 101 Å². The van der Waals surface area contributed by atoms with Crippen LogP contribution in [0, 0.1) is 23.7 Å². The summed E-state index contributed by atoms with van der Waals surface area (Å²) in [5, 5.41) is 14.4. The van der Waals surface area contributed by atoms with Crippen molar-refractivity contribution in [1.82, 2.24) is 0 Å². The Balaban J connectivity index is 1.11. The van der Waals surface area contributed by atoms with Crippen LogP contribution in [-0.2, 0) is 0 Å². The van der Waals surface area contributed by atoms with Crippen molar-refractivity contribution in [3.05, 3.63) is 60.7 Å². The van der Waals surface area contributed by atoms with Gasteiger partial charge in [-0.1, -0.05) is 114 Å². The van der Waals surface area contributed by atoms with E-state index >= 15 is 0 Å². The van der Waals surface area contributed by atoms with Crippen LogP contribution in [0.25, 0.3) is 0 Å². The van der Waals surface area contributed by atoms with Crippen molar-refractivity contribution >= 4 is 23.8 Å². The van der Waals surface area contributed by atoms with Gasteiger partial charge in [-0.3, -0.25) is 10.0 Å². The lowest BCUT2D eigenvalue weighted by Crippen LogP contribution is -2.19. The van der Waals surface area contributed by atoms with Gasteiger partial charge >= 0.3 is 0 Å². The van der Waals surface area contributed by atoms with Gasteiger partial charge in [0.2, 0.25) is 0 Å². The predicted octanol–water partition coefficient (Wildman–Crippen LogP) is 9.96. The van der Waals surface area contributed by atoms with Gasteiger partial charge in [-0.15, -0.1) is 0 Å². The first kappa shape index (κ1) is 30.3. The zero-order chi connectivity index (χ0) is 27.8. The highest BCUT2D eigenvalue weighted by Crippen LogP contribution is 2.31. The fourth-order valence-electron chi connectivity index (χ4n) is 6.41. The van der Waals surface area contributed by atoms with Gasteiger partial charge in [-0.25, -0.2) is 0 Å². The molecule has 0 aromatic heterocycles. The Labute approximate surface area is 244 Å². The van der Waals surface area contributed by atoms with Gasteiger partial charge in [0, 0.05) is 25.5 Å². The van der Waals surface area contributed by atoms with Crippen molar-refractivity contribution < 1.29 is 0 Å². The lowest BCUT2D eigenvalue weighted by Gasteiger charge is -2.21. The van der Waals surface area contributed by atoms with E-state index in [9.17, 15) is 0 Å². The molecule has 2 aliphatic carbocycles. The molecule has 0 heterocycles. The summed E-state index contributed by atoms with van der Waals surface area (Å²) >= 11 is 0. The smallest absolute Gasteiger partial charge is 0.0593 e. The molecular weight excluding hydrogens is 488 g/mol. The average Bonchev–Trinajstić information content (AvgIpc) is 3.60. The minimum atomic E-state index is 0.647. The quantitative estimate of drug-likeness (QED) is 0.113. The maximum atomic E-state index is 4.96. The van der Waals surface area contributed by atoms with Crippen molar-refractivity contribution in [2.24, 2.45) is 33.9 Å². The van der Waals surface area contributed by atoms with Crippen LogP contribution in [0.2, 0.25) is 0 Å². The van der Waals surface area contributed by atoms with E-state index in [0.717, 1.165) is 24.9 Å². The molecule has 0 N–H and O–H groups in total. The minimum absolute atomic E-state index is 0.647. The Bertz CT molecular complexity index is 907. The van der Waals surface area contributed by atoms with Crippen LogP contribution in [0.3, 0.4) is 0 Å². The van der Waals surface area contributed by atoms with Crippen molar-refractivity contribution in [1.29, 1.82) is 0 Å². The molecule has 4 atom stereocenters. The van der Waals surface area contributed by atoms with Crippen molar-refractivity contribution in [3.8, 4) is 0 Å². The molecule has 2 aliphatic rings. The van der Waals surface area contributed by atoms with Gasteiger partial charge in [-0.05, 0) is 73.6 Å². The number of hydrogen-bond donors (Lipinski definition) is 0. The number of nitrogens with zero attached hydrogens (tertiary/aromatic N) is 4. The molecule has 0 saturated heterocycles. The van der Waals surface area contributed by atoms with Gasteiger partial charge in [0.05, 0.1) is 11.4 Å². The van der Waals surface area contributed by atoms with Crippen molar-refractivity contribution in [2.75, 3.05) is 23.1 Å². The fraction of sp³-hybridized carbons (Fsp3) is 0.611. The van der Waals surface area contributed by atoms with E-state index in [2.05, 4.69) is 97.0 Å². The molecule has 0 amide bonds. The molecule has 0 aliphatic heterocycles. The second kappa shape index (κ2) is 17.3. The molecule has 4 nitrogen and oxygen atoms in total. The molecule has 0 spiro atoms. The number of benzene rings is 2. The van der Waals surface area contributed by atoms with Gasteiger partial charge in [0.25, 0.3) is 0 Å². The van der Waals surface area contributed by atoms with Crippen LogP contribution in [0.15, 0.2) is 70.9 Å². The molecule has 2 fully saturated rings. The summed E-state index contributed by atoms with van der Waals surface area (Å²) in [6.07, 6.45) is 22.8. The normalized spacial score (nSPS) is 22.9. The van der Waals surface area contributed by atoms with E-state index in [1.54, 1.807) is 0 Å². The lowest BCUT2D eigenvalue weighted by molar-refractivity contribution is 0.534. The third-order valence-corrected chi connectivity index (χ3v) is 9.25. The third kappa shape index (κ3) is 10.1. The summed E-state index contributed by atoms with van der Waals surface area (Å²) in [6, 6.07) is 21.4. The van der Waals surface area contributed by atoms with Crippen molar-refractivity contribution in [2.45, 2.75) is 104 Å². The zero-order valence-electron chi connectivity index (χ0n) is 25.3. The van der Waals surface area contributed by atoms with E-state index < -0.39 is 0 Å². The monoisotopic (exact) mass is 542 g/mol. The molecule has 218 valence electrons. The number of anilines is 2. The summed E-state index contributed by atoms with van der Waals surface area (Å²) in [7, 11) is 0. The maximum Gasteiger partial charge on any atom is 0.0593 e. The summed E-state index contributed by atoms with van der Waals surface area (Å²) in [5.41, 5.74) is 2.44. The molecule has 0 radical (unpaired) electrons. The largest absolute Gasteiger partial charge is 0.266 e. The number of para-hydroxylation sites is 2. The first-order valence-corrected chi connectivity index (χ1v) is 16.4. The molecule has 4 heteroatoms. The number of unbranched alkanes of at least 4 members (excludes halogenated alkanes) is 7. The Morgan fingerprint density at radius 2 is 0.925 bits per heavy atom. The van der Waals surface area contributed by atoms with Crippen LogP contribution in [0.1, 0.15) is 104 Å². The van der Waals surface area contributed by atoms with Gasteiger partial charge < -0.3 is 0 Å². The minimum Gasteiger partial charge on any atom is -0.266 e. The second-order valence-corrected chi connectivity index (χ2v) is 12.4. The molecule has 4 unspecified atom stereocenters. The maximum absolute atomic E-state index is 4.96. The SMILES string of the molecule is CC1CCCC1/C=N/N(CCCCCCCCCCN(/N=C/C1CCCC1C)c1ccccc1)c1ccccc1. The van der Waals surface area contributed by atoms with Crippen LogP contribution in [0.4, 0.5) is 11.4 Å². The van der Waals surface area contributed by atoms with E-state index in [1.807, 2.05) is 0 Å².